The molecule has 1 fully saturated rings. The van der Waals surface area contributed by atoms with Gasteiger partial charge in [0.05, 0.1) is 6.54 Å². The summed E-state index contributed by atoms with van der Waals surface area (Å²) in [5.74, 6) is -2.91. The molecule has 15 heavy (non-hydrogen) atoms. The van der Waals surface area contributed by atoms with Crippen LogP contribution in [0, 0.1) is 0 Å². The lowest BCUT2D eigenvalue weighted by molar-refractivity contribution is -0.0106. The molecule has 1 aliphatic heterocycles. The van der Waals surface area contributed by atoms with Gasteiger partial charge in [0.25, 0.3) is 5.92 Å². The summed E-state index contributed by atoms with van der Waals surface area (Å²) in [5, 5.41) is 4.66. The number of alkyl halides is 2. The van der Waals surface area contributed by atoms with Crippen LogP contribution in [0.15, 0.2) is 0 Å². The number of carbonyl (C=O) groups is 1. The molecule has 6 heteroatoms. The average Bonchev–Trinajstić information content (AvgIpc) is 2.26. The van der Waals surface area contributed by atoms with Gasteiger partial charge in [-0.2, -0.15) is 0 Å². The Hall–Kier alpha value is -0.910. The van der Waals surface area contributed by atoms with Crippen LogP contribution >= 0.6 is 0 Å². The van der Waals surface area contributed by atoms with Crippen molar-refractivity contribution in [1.82, 2.24) is 10.6 Å². The van der Waals surface area contributed by atoms with Gasteiger partial charge in [0, 0.05) is 6.54 Å². The summed E-state index contributed by atoms with van der Waals surface area (Å²) < 4.78 is 31.0. The van der Waals surface area contributed by atoms with Crippen molar-refractivity contribution in [2.45, 2.75) is 38.3 Å². The highest BCUT2D eigenvalue weighted by Gasteiger charge is 2.45. The third-order valence-corrected chi connectivity index (χ3v) is 1.91. The zero-order valence-corrected chi connectivity index (χ0v) is 9.06. The number of hydrogen-bond donors (Lipinski definition) is 2. The van der Waals surface area contributed by atoms with Gasteiger partial charge in [-0.05, 0) is 20.8 Å². The first-order chi connectivity index (χ1) is 6.71. The first-order valence-corrected chi connectivity index (χ1v) is 4.79. The summed E-state index contributed by atoms with van der Waals surface area (Å²) in [6, 6.07) is -1.19. The maximum Gasteiger partial charge on any atom is 0.408 e. The van der Waals surface area contributed by atoms with Gasteiger partial charge in [-0.3, -0.25) is 0 Å². The lowest BCUT2D eigenvalue weighted by Gasteiger charge is -2.23. The van der Waals surface area contributed by atoms with Crippen LogP contribution in [0.4, 0.5) is 13.6 Å². The summed E-state index contributed by atoms with van der Waals surface area (Å²) in [7, 11) is 0. The average molecular weight is 222 g/mol. The van der Waals surface area contributed by atoms with Gasteiger partial charge in [0.2, 0.25) is 0 Å². The molecule has 1 aliphatic rings. The first kappa shape index (κ1) is 12.2. The maximum absolute atomic E-state index is 13.1. The zero-order valence-electron chi connectivity index (χ0n) is 9.06. The summed E-state index contributed by atoms with van der Waals surface area (Å²) in [6.07, 6.45) is -0.809. The van der Waals surface area contributed by atoms with E-state index in [1.54, 1.807) is 20.8 Å². The van der Waals surface area contributed by atoms with Crippen LogP contribution in [0.3, 0.4) is 0 Å². The summed E-state index contributed by atoms with van der Waals surface area (Å²) >= 11 is 0. The quantitative estimate of drug-likeness (QED) is 0.699. The van der Waals surface area contributed by atoms with Gasteiger partial charge in [-0.1, -0.05) is 0 Å². The van der Waals surface area contributed by atoms with E-state index in [0.717, 1.165) is 0 Å². The van der Waals surface area contributed by atoms with Gasteiger partial charge < -0.3 is 15.4 Å². The van der Waals surface area contributed by atoms with E-state index < -0.39 is 30.2 Å². The number of carbonyl (C=O) groups excluding carboxylic acids is 1. The van der Waals surface area contributed by atoms with Crippen molar-refractivity contribution in [3.8, 4) is 0 Å². The van der Waals surface area contributed by atoms with Crippen LogP contribution in [-0.2, 0) is 4.74 Å². The number of ether oxygens (including phenoxy) is 1. The first-order valence-electron chi connectivity index (χ1n) is 4.79. The number of hydrogen-bond acceptors (Lipinski definition) is 3. The van der Waals surface area contributed by atoms with Crippen molar-refractivity contribution in [1.29, 1.82) is 0 Å². The van der Waals surface area contributed by atoms with Crippen molar-refractivity contribution in [2.24, 2.45) is 0 Å². The van der Waals surface area contributed by atoms with Crippen molar-refractivity contribution in [3.63, 3.8) is 0 Å². The van der Waals surface area contributed by atoms with E-state index in [-0.39, 0.29) is 6.54 Å². The molecule has 2 N–H and O–H groups in total. The third kappa shape index (κ3) is 3.62. The molecule has 1 amide bonds. The molecule has 1 saturated heterocycles. The minimum Gasteiger partial charge on any atom is -0.444 e. The Labute approximate surface area is 87.4 Å². The Morgan fingerprint density at radius 3 is 2.53 bits per heavy atom. The number of alkyl carbamates (subject to hydrolysis) is 1. The van der Waals surface area contributed by atoms with Crippen molar-refractivity contribution < 1.29 is 18.3 Å². The Morgan fingerprint density at radius 1 is 1.53 bits per heavy atom. The smallest absolute Gasteiger partial charge is 0.408 e. The number of rotatable bonds is 1. The molecule has 0 saturated carbocycles. The molecular weight excluding hydrogens is 206 g/mol. The highest BCUT2D eigenvalue weighted by atomic mass is 19.3. The third-order valence-electron chi connectivity index (χ3n) is 1.91. The predicted octanol–water partition coefficient (Wildman–Crippen LogP) is 1.12. The van der Waals surface area contributed by atoms with E-state index >= 15 is 0 Å². The Balaban J connectivity index is 2.45. The van der Waals surface area contributed by atoms with Crippen LogP contribution in [-0.4, -0.2) is 36.7 Å². The maximum atomic E-state index is 13.1. The lowest BCUT2D eigenvalue weighted by atomic mass is 10.2. The second-order valence-electron chi connectivity index (χ2n) is 4.59. The van der Waals surface area contributed by atoms with Gasteiger partial charge in [-0.25, -0.2) is 13.6 Å². The highest BCUT2D eigenvalue weighted by Crippen LogP contribution is 2.22. The standard InChI is InChI=1S/C9H16F2N2O2/c1-8(2,3)15-7(14)13-6-4-12-5-9(6,10)11/h6,12H,4-5H2,1-3H3,(H,13,14). The summed E-state index contributed by atoms with van der Waals surface area (Å²) in [6.45, 7) is 4.69. The van der Waals surface area contributed by atoms with Crippen LogP contribution in [0.1, 0.15) is 20.8 Å². The molecule has 0 spiro atoms. The number of amides is 1. The Morgan fingerprint density at radius 2 is 2.13 bits per heavy atom. The normalized spacial score (nSPS) is 25.0. The molecule has 0 aromatic carbocycles. The van der Waals surface area contributed by atoms with Crippen LogP contribution < -0.4 is 10.6 Å². The monoisotopic (exact) mass is 222 g/mol. The molecule has 88 valence electrons. The van der Waals surface area contributed by atoms with Gasteiger partial charge >= 0.3 is 6.09 Å². The van der Waals surface area contributed by atoms with E-state index in [9.17, 15) is 13.6 Å². The second kappa shape index (κ2) is 3.92. The molecule has 0 aromatic heterocycles. The van der Waals surface area contributed by atoms with Crippen molar-refractivity contribution >= 4 is 6.09 Å². The summed E-state index contributed by atoms with van der Waals surface area (Å²) in [5.41, 5.74) is -0.675. The largest absolute Gasteiger partial charge is 0.444 e. The summed E-state index contributed by atoms with van der Waals surface area (Å²) in [4.78, 5) is 11.2. The molecule has 1 unspecified atom stereocenters. The fourth-order valence-electron chi connectivity index (χ4n) is 1.26. The Kier molecular flexibility index (Phi) is 3.18. The number of nitrogens with one attached hydrogen (secondary N) is 2. The van der Waals surface area contributed by atoms with Crippen molar-refractivity contribution in [3.05, 3.63) is 0 Å². The minimum absolute atomic E-state index is 0.0617. The fourth-order valence-corrected chi connectivity index (χ4v) is 1.26. The van der Waals surface area contributed by atoms with Crippen LogP contribution in [0.2, 0.25) is 0 Å². The lowest BCUT2D eigenvalue weighted by Crippen LogP contribution is -2.48. The molecule has 0 aromatic rings. The van der Waals surface area contributed by atoms with Gasteiger partial charge in [0.1, 0.15) is 11.6 Å². The molecule has 4 nitrogen and oxygen atoms in total. The van der Waals surface area contributed by atoms with Crippen LogP contribution in [0.25, 0.3) is 0 Å². The zero-order chi connectivity index (χ0) is 11.7. The van der Waals surface area contributed by atoms with E-state index in [4.69, 9.17) is 4.74 Å². The van der Waals surface area contributed by atoms with Crippen LogP contribution in [0.5, 0.6) is 0 Å². The molecule has 0 bridgehead atoms. The fraction of sp³-hybridized carbons (Fsp3) is 0.889. The van der Waals surface area contributed by atoms with E-state index in [1.807, 2.05) is 0 Å². The number of halogens is 2. The molecule has 0 radical (unpaired) electrons. The van der Waals surface area contributed by atoms with E-state index in [0.29, 0.717) is 0 Å². The molecular formula is C9H16F2N2O2. The van der Waals surface area contributed by atoms with Gasteiger partial charge in [-0.15, -0.1) is 0 Å². The molecule has 1 atom stereocenters. The molecule has 1 rings (SSSR count). The Bertz CT molecular complexity index is 251. The van der Waals surface area contributed by atoms with E-state index in [1.165, 1.54) is 0 Å². The van der Waals surface area contributed by atoms with Gasteiger partial charge in [0.15, 0.2) is 0 Å². The topological polar surface area (TPSA) is 50.4 Å². The SMILES string of the molecule is CC(C)(C)OC(=O)NC1CNCC1(F)F. The molecule has 0 aliphatic carbocycles. The second-order valence-corrected chi connectivity index (χ2v) is 4.59. The highest BCUT2D eigenvalue weighted by molar-refractivity contribution is 5.68. The van der Waals surface area contributed by atoms with Crippen molar-refractivity contribution in [2.75, 3.05) is 13.1 Å². The predicted molar refractivity (Wildman–Crippen MR) is 51.0 cm³/mol. The van der Waals surface area contributed by atoms with E-state index in [2.05, 4.69) is 10.6 Å². The minimum atomic E-state index is -2.91. The molecule has 1 heterocycles.